The largest absolute Gasteiger partial charge is 0.468 e. The summed E-state index contributed by atoms with van der Waals surface area (Å²) in [6, 6.07) is 5.21. The number of benzene rings is 1. The Labute approximate surface area is 182 Å². The molecule has 12 heteroatoms. The maximum Gasteiger partial charge on any atom is 0.325 e. The van der Waals surface area contributed by atoms with E-state index < -0.39 is 11.9 Å². The first kappa shape index (κ1) is 21.5. The van der Waals surface area contributed by atoms with Crippen LogP contribution < -0.4 is 10.1 Å². The Balaban J connectivity index is 1.70. The number of amides is 2. The third kappa shape index (κ3) is 5.89. The summed E-state index contributed by atoms with van der Waals surface area (Å²) < 4.78 is 7.14. The van der Waals surface area contributed by atoms with Crippen molar-refractivity contribution in [2.45, 2.75) is 6.54 Å². The zero-order valence-corrected chi connectivity index (χ0v) is 18.3. The number of nitrogens with zero attached hydrogens (tertiary/aromatic N) is 3. The van der Waals surface area contributed by atoms with Crippen molar-refractivity contribution < 1.29 is 19.1 Å². The van der Waals surface area contributed by atoms with Gasteiger partial charge in [-0.05, 0) is 18.2 Å². The molecule has 0 saturated carbocycles. The van der Waals surface area contributed by atoms with Gasteiger partial charge < -0.3 is 14.6 Å². The molecule has 0 saturated heterocycles. The van der Waals surface area contributed by atoms with E-state index in [9.17, 15) is 14.4 Å². The van der Waals surface area contributed by atoms with Gasteiger partial charge in [0.25, 0.3) is 5.91 Å². The first-order valence-corrected chi connectivity index (χ1v) is 11.4. The molecule has 3 aromatic rings. The van der Waals surface area contributed by atoms with Crippen molar-refractivity contribution >= 4 is 79.2 Å². The number of carbonyl (C=O) groups excluding carboxylic acids is 3. The Morgan fingerprint density at radius 2 is 2.17 bits per heavy atom. The molecule has 1 N–H and O–H groups in total. The number of thiazole rings is 2. The Morgan fingerprint density at radius 1 is 1.34 bits per heavy atom. The van der Waals surface area contributed by atoms with Crippen molar-refractivity contribution in [3.05, 3.63) is 39.6 Å². The fourth-order valence-electron chi connectivity index (χ4n) is 2.29. The standard InChI is InChI=1S/C17H15ClN4O4S3/c1-26-15(25)7-22-11-3-2-10(18)6-12(11)29-17(22)21-14(24)9-27-8-13(23)20-16-19-4-5-28-16/h2-6H,7-9H2,1H3,(H,19,20,23). The second kappa shape index (κ2) is 10.0. The van der Waals surface area contributed by atoms with Gasteiger partial charge in [0.1, 0.15) is 6.54 Å². The van der Waals surface area contributed by atoms with E-state index in [1.165, 1.54) is 29.8 Å². The van der Waals surface area contributed by atoms with Gasteiger partial charge in [0.05, 0.1) is 28.8 Å². The van der Waals surface area contributed by atoms with Crippen molar-refractivity contribution in [1.82, 2.24) is 9.55 Å². The number of rotatable bonds is 7. The van der Waals surface area contributed by atoms with Crippen molar-refractivity contribution in [3.63, 3.8) is 0 Å². The maximum atomic E-state index is 12.3. The second-order valence-corrected chi connectivity index (χ2v) is 8.87. The highest BCUT2D eigenvalue weighted by Gasteiger charge is 2.13. The number of halogens is 1. The highest BCUT2D eigenvalue weighted by atomic mass is 35.5. The highest BCUT2D eigenvalue weighted by Crippen LogP contribution is 2.22. The monoisotopic (exact) mass is 470 g/mol. The summed E-state index contributed by atoms with van der Waals surface area (Å²) in [5.74, 6) is -0.978. The second-order valence-electron chi connectivity index (χ2n) is 5.54. The molecule has 1 aromatic carbocycles. The van der Waals surface area contributed by atoms with E-state index in [1.54, 1.807) is 34.3 Å². The van der Waals surface area contributed by atoms with Crippen LogP contribution in [0.3, 0.4) is 0 Å². The van der Waals surface area contributed by atoms with Gasteiger partial charge in [-0.25, -0.2) is 4.98 Å². The van der Waals surface area contributed by atoms with E-state index in [1.807, 2.05) is 0 Å². The molecular weight excluding hydrogens is 456 g/mol. The van der Waals surface area contributed by atoms with Crippen molar-refractivity contribution in [3.8, 4) is 0 Å². The third-order valence-electron chi connectivity index (χ3n) is 3.52. The molecule has 0 fully saturated rings. The quantitative estimate of drug-likeness (QED) is 0.532. The molecule has 0 radical (unpaired) electrons. The molecule has 2 amide bonds. The molecule has 2 aromatic heterocycles. The molecule has 8 nitrogen and oxygen atoms in total. The number of esters is 1. The number of thioether (sulfide) groups is 1. The van der Waals surface area contributed by atoms with E-state index in [2.05, 4.69) is 15.3 Å². The minimum atomic E-state index is -0.457. The summed E-state index contributed by atoms with van der Waals surface area (Å²) in [7, 11) is 1.30. The molecular formula is C17H15ClN4O4S3. The number of fused-ring (bicyclic) bond motifs is 1. The molecule has 0 atom stereocenters. The van der Waals surface area contributed by atoms with Crippen LogP contribution in [0.15, 0.2) is 34.8 Å². The molecule has 0 spiro atoms. The summed E-state index contributed by atoms with van der Waals surface area (Å²) >= 11 is 9.75. The predicted molar refractivity (Wildman–Crippen MR) is 115 cm³/mol. The average Bonchev–Trinajstić information content (AvgIpc) is 3.29. The van der Waals surface area contributed by atoms with Gasteiger partial charge in [-0.2, -0.15) is 4.99 Å². The number of nitrogens with one attached hydrogen (secondary N) is 1. The minimum absolute atomic E-state index is 0.0263. The number of carbonyl (C=O) groups is 3. The number of hydrogen-bond donors (Lipinski definition) is 1. The lowest BCUT2D eigenvalue weighted by atomic mass is 10.3. The lowest BCUT2D eigenvalue weighted by molar-refractivity contribution is -0.141. The number of ether oxygens (including phenoxy) is 1. The maximum absolute atomic E-state index is 12.3. The summed E-state index contributed by atoms with van der Waals surface area (Å²) in [5.41, 5.74) is 0.729. The van der Waals surface area contributed by atoms with Crippen LogP contribution in [0.5, 0.6) is 0 Å². The zero-order chi connectivity index (χ0) is 20.8. The van der Waals surface area contributed by atoms with Crippen LogP contribution >= 0.6 is 46.0 Å². The molecule has 0 unspecified atom stereocenters. The van der Waals surface area contributed by atoms with Crippen LogP contribution in [0, 0.1) is 0 Å². The Bertz CT molecular complexity index is 1110. The van der Waals surface area contributed by atoms with Crippen molar-refractivity contribution in [1.29, 1.82) is 0 Å². The summed E-state index contributed by atoms with van der Waals surface area (Å²) in [4.78, 5) is 44.3. The van der Waals surface area contributed by atoms with Gasteiger partial charge in [0, 0.05) is 16.6 Å². The third-order valence-corrected chi connectivity index (χ3v) is 6.40. The zero-order valence-electron chi connectivity index (χ0n) is 15.1. The molecule has 0 bridgehead atoms. The molecule has 29 heavy (non-hydrogen) atoms. The molecule has 3 rings (SSSR count). The lowest BCUT2D eigenvalue weighted by Gasteiger charge is -2.03. The van der Waals surface area contributed by atoms with Gasteiger partial charge in [0.15, 0.2) is 9.93 Å². The molecule has 0 aliphatic rings. The van der Waals surface area contributed by atoms with Gasteiger partial charge in [-0.3, -0.25) is 14.4 Å². The Hall–Kier alpha value is -2.21. The summed E-state index contributed by atoms with van der Waals surface area (Å²) in [5, 5.41) is 5.46. The smallest absolute Gasteiger partial charge is 0.325 e. The van der Waals surface area contributed by atoms with Gasteiger partial charge in [-0.15, -0.1) is 23.1 Å². The fraction of sp³-hybridized carbons (Fsp3) is 0.235. The van der Waals surface area contributed by atoms with Crippen molar-refractivity contribution in [2.24, 2.45) is 4.99 Å². The highest BCUT2D eigenvalue weighted by molar-refractivity contribution is 8.00. The van der Waals surface area contributed by atoms with E-state index in [0.29, 0.717) is 15.0 Å². The average molecular weight is 471 g/mol. The first-order valence-electron chi connectivity index (χ1n) is 8.16. The number of hydrogen-bond acceptors (Lipinski definition) is 8. The SMILES string of the molecule is COC(=O)Cn1c(=NC(=O)CSCC(=O)Nc2nccs2)sc2cc(Cl)ccc21. The number of methoxy groups -OCH3 is 1. The van der Waals surface area contributed by atoms with E-state index in [4.69, 9.17) is 16.3 Å². The predicted octanol–water partition coefficient (Wildman–Crippen LogP) is 2.78. The molecule has 0 aliphatic heterocycles. The van der Waals surface area contributed by atoms with Crippen LogP contribution in [0.2, 0.25) is 5.02 Å². The van der Waals surface area contributed by atoms with Crippen LogP contribution in [-0.4, -0.2) is 46.0 Å². The van der Waals surface area contributed by atoms with Gasteiger partial charge in [0.2, 0.25) is 5.91 Å². The number of aromatic nitrogens is 2. The van der Waals surface area contributed by atoms with Gasteiger partial charge in [-0.1, -0.05) is 22.9 Å². The van der Waals surface area contributed by atoms with E-state index in [0.717, 1.165) is 22.0 Å². The van der Waals surface area contributed by atoms with E-state index in [-0.39, 0.29) is 24.0 Å². The van der Waals surface area contributed by atoms with Crippen LogP contribution in [-0.2, 0) is 25.7 Å². The molecule has 2 heterocycles. The van der Waals surface area contributed by atoms with Crippen LogP contribution in [0.1, 0.15) is 0 Å². The Morgan fingerprint density at radius 3 is 2.90 bits per heavy atom. The Kier molecular flexibility index (Phi) is 7.42. The minimum Gasteiger partial charge on any atom is -0.468 e. The van der Waals surface area contributed by atoms with Crippen LogP contribution in [0.25, 0.3) is 10.2 Å². The van der Waals surface area contributed by atoms with Crippen LogP contribution in [0.4, 0.5) is 5.13 Å². The van der Waals surface area contributed by atoms with E-state index >= 15 is 0 Å². The summed E-state index contributed by atoms with van der Waals surface area (Å²) in [6.45, 7) is -0.0758. The lowest BCUT2D eigenvalue weighted by Crippen LogP contribution is -2.23. The molecule has 0 aliphatic carbocycles. The topological polar surface area (TPSA) is 103 Å². The fourth-order valence-corrected chi connectivity index (χ4v) is 4.76. The normalized spacial score (nSPS) is 11.6. The van der Waals surface area contributed by atoms with Crippen molar-refractivity contribution in [2.75, 3.05) is 23.9 Å². The number of anilines is 1. The first-order chi connectivity index (χ1) is 14.0. The molecule has 152 valence electrons. The summed E-state index contributed by atoms with van der Waals surface area (Å²) in [6.07, 6.45) is 1.59. The van der Waals surface area contributed by atoms with Gasteiger partial charge >= 0.3 is 5.97 Å².